The SMILES string of the molecule is CCC1CCC(CNC)C(c2ccco2)C1. The maximum absolute atomic E-state index is 5.61. The van der Waals surface area contributed by atoms with E-state index in [4.69, 9.17) is 4.42 Å². The highest BCUT2D eigenvalue weighted by atomic mass is 16.3. The predicted octanol–water partition coefficient (Wildman–Crippen LogP) is 3.41. The lowest BCUT2D eigenvalue weighted by atomic mass is 9.72. The largest absolute Gasteiger partial charge is 0.469 e. The fourth-order valence-corrected chi connectivity index (χ4v) is 3.05. The fraction of sp³-hybridized carbons (Fsp3) is 0.714. The Bertz CT molecular complexity index is 294. The predicted molar refractivity (Wildman–Crippen MR) is 66.5 cm³/mol. The molecule has 1 aromatic rings. The minimum atomic E-state index is 0.626. The van der Waals surface area contributed by atoms with Crippen LogP contribution in [0, 0.1) is 11.8 Å². The summed E-state index contributed by atoms with van der Waals surface area (Å²) in [5.74, 6) is 3.46. The summed E-state index contributed by atoms with van der Waals surface area (Å²) in [7, 11) is 2.05. The molecule has 16 heavy (non-hydrogen) atoms. The molecule has 1 N–H and O–H groups in total. The van der Waals surface area contributed by atoms with Gasteiger partial charge in [-0.25, -0.2) is 0 Å². The van der Waals surface area contributed by atoms with Gasteiger partial charge >= 0.3 is 0 Å². The van der Waals surface area contributed by atoms with Gasteiger partial charge in [0.05, 0.1) is 6.26 Å². The van der Waals surface area contributed by atoms with Crippen LogP contribution < -0.4 is 5.32 Å². The zero-order valence-corrected chi connectivity index (χ0v) is 10.4. The highest BCUT2D eigenvalue weighted by molar-refractivity contribution is 5.09. The van der Waals surface area contributed by atoms with Gasteiger partial charge in [0.15, 0.2) is 0 Å². The van der Waals surface area contributed by atoms with Gasteiger partial charge in [0.1, 0.15) is 5.76 Å². The molecule has 0 aliphatic heterocycles. The van der Waals surface area contributed by atoms with Crippen molar-refractivity contribution in [1.82, 2.24) is 5.32 Å². The van der Waals surface area contributed by atoms with E-state index in [0.29, 0.717) is 5.92 Å². The van der Waals surface area contributed by atoms with E-state index in [1.807, 2.05) is 13.1 Å². The maximum Gasteiger partial charge on any atom is 0.107 e. The van der Waals surface area contributed by atoms with Crippen LogP contribution in [0.3, 0.4) is 0 Å². The Labute approximate surface area is 98.4 Å². The summed E-state index contributed by atoms with van der Waals surface area (Å²) in [4.78, 5) is 0. The van der Waals surface area contributed by atoms with Crippen molar-refractivity contribution in [3.05, 3.63) is 24.2 Å². The summed E-state index contributed by atoms with van der Waals surface area (Å²) in [5, 5.41) is 3.32. The third-order valence-electron chi connectivity index (χ3n) is 4.05. The van der Waals surface area contributed by atoms with Gasteiger partial charge in [-0.3, -0.25) is 0 Å². The Kier molecular flexibility index (Phi) is 4.05. The van der Waals surface area contributed by atoms with Crippen LogP contribution in [-0.4, -0.2) is 13.6 Å². The molecule has 1 aliphatic carbocycles. The molecule has 3 unspecified atom stereocenters. The van der Waals surface area contributed by atoms with Crippen molar-refractivity contribution >= 4 is 0 Å². The highest BCUT2D eigenvalue weighted by Gasteiger charge is 2.31. The monoisotopic (exact) mass is 221 g/mol. The van der Waals surface area contributed by atoms with Crippen LogP contribution in [-0.2, 0) is 0 Å². The second-order valence-electron chi connectivity index (χ2n) is 5.03. The summed E-state index contributed by atoms with van der Waals surface area (Å²) >= 11 is 0. The van der Waals surface area contributed by atoms with Gasteiger partial charge < -0.3 is 9.73 Å². The number of hydrogen-bond acceptors (Lipinski definition) is 2. The Hall–Kier alpha value is -0.760. The van der Waals surface area contributed by atoms with Crippen molar-refractivity contribution in [3.63, 3.8) is 0 Å². The zero-order valence-electron chi connectivity index (χ0n) is 10.4. The van der Waals surface area contributed by atoms with Crippen LogP contribution in [0.2, 0.25) is 0 Å². The van der Waals surface area contributed by atoms with Crippen molar-refractivity contribution in [3.8, 4) is 0 Å². The van der Waals surface area contributed by atoms with Crippen molar-refractivity contribution in [2.24, 2.45) is 11.8 Å². The van der Waals surface area contributed by atoms with Crippen LogP contribution >= 0.6 is 0 Å². The average Bonchev–Trinajstić information content (AvgIpc) is 2.83. The van der Waals surface area contributed by atoms with Crippen LogP contribution in [0.25, 0.3) is 0 Å². The van der Waals surface area contributed by atoms with Crippen LogP contribution in [0.15, 0.2) is 22.8 Å². The first-order valence-corrected chi connectivity index (χ1v) is 6.53. The fourth-order valence-electron chi connectivity index (χ4n) is 3.05. The lowest BCUT2D eigenvalue weighted by Crippen LogP contribution is -2.30. The Morgan fingerprint density at radius 1 is 1.44 bits per heavy atom. The Morgan fingerprint density at radius 3 is 2.94 bits per heavy atom. The Balaban J connectivity index is 2.08. The molecular formula is C14H23NO. The summed E-state index contributed by atoms with van der Waals surface area (Å²) < 4.78 is 5.61. The van der Waals surface area contributed by atoms with E-state index in [9.17, 15) is 0 Å². The van der Waals surface area contributed by atoms with Crippen LogP contribution in [0.4, 0.5) is 0 Å². The van der Waals surface area contributed by atoms with E-state index in [2.05, 4.69) is 18.3 Å². The second-order valence-corrected chi connectivity index (χ2v) is 5.03. The topological polar surface area (TPSA) is 25.2 Å². The van der Waals surface area contributed by atoms with Gasteiger partial charge in [-0.1, -0.05) is 19.8 Å². The van der Waals surface area contributed by atoms with Crippen molar-refractivity contribution < 1.29 is 4.42 Å². The molecule has 3 atom stereocenters. The molecule has 0 bridgehead atoms. The summed E-state index contributed by atoms with van der Waals surface area (Å²) in [6, 6.07) is 4.16. The minimum Gasteiger partial charge on any atom is -0.469 e. The van der Waals surface area contributed by atoms with Crippen LogP contribution in [0.5, 0.6) is 0 Å². The smallest absolute Gasteiger partial charge is 0.107 e. The summed E-state index contributed by atoms with van der Waals surface area (Å²) in [6.07, 6.45) is 7.14. The minimum absolute atomic E-state index is 0.626. The maximum atomic E-state index is 5.61. The van der Waals surface area contributed by atoms with E-state index >= 15 is 0 Å². The molecule has 90 valence electrons. The molecule has 2 heteroatoms. The molecule has 1 aromatic heterocycles. The number of rotatable bonds is 4. The second kappa shape index (κ2) is 5.53. The molecule has 1 saturated carbocycles. The molecule has 0 saturated heterocycles. The highest BCUT2D eigenvalue weighted by Crippen LogP contribution is 2.41. The molecule has 1 aliphatic rings. The van der Waals surface area contributed by atoms with E-state index in [-0.39, 0.29) is 0 Å². The van der Waals surface area contributed by atoms with Gasteiger partial charge in [0, 0.05) is 5.92 Å². The number of furan rings is 1. The van der Waals surface area contributed by atoms with Crippen LogP contribution in [0.1, 0.15) is 44.3 Å². The van der Waals surface area contributed by atoms with E-state index in [0.717, 1.165) is 18.4 Å². The molecule has 0 radical (unpaired) electrons. The first-order chi connectivity index (χ1) is 7.85. The van der Waals surface area contributed by atoms with Gasteiger partial charge in [-0.15, -0.1) is 0 Å². The quantitative estimate of drug-likeness (QED) is 0.843. The van der Waals surface area contributed by atoms with Crippen molar-refractivity contribution in [2.45, 2.75) is 38.5 Å². The third kappa shape index (κ3) is 2.49. The molecule has 0 spiro atoms. The zero-order chi connectivity index (χ0) is 11.4. The molecule has 2 nitrogen and oxygen atoms in total. The Morgan fingerprint density at radius 2 is 2.31 bits per heavy atom. The van der Waals surface area contributed by atoms with Gasteiger partial charge in [0.25, 0.3) is 0 Å². The average molecular weight is 221 g/mol. The van der Waals surface area contributed by atoms with Gasteiger partial charge in [-0.05, 0) is 50.4 Å². The van der Waals surface area contributed by atoms with Gasteiger partial charge in [-0.2, -0.15) is 0 Å². The first-order valence-electron chi connectivity index (χ1n) is 6.53. The van der Waals surface area contributed by atoms with E-state index < -0.39 is 0 Å². The van der Waals surface area contributed by atoms with Gasteiger partial charge in [0.2, 0.25) is 0 Å². The standard InChI is InChI=1S/C14H23NO/c1-3-11-6-7-12(10-15-2)13(9-11)14-5-4-8-16-14/h4-5,8,11-13,15H,3,6-7,9-10H2,1-2H3. The molecule has 1 fully saturated rings. The normalized spacial score (nSPS) is 30.5. The number of nitrogens with one attached hydrogen (secondary N) is 1. The van der Waals surface area contributed by atoms with E-state index in [1.165, 1.54) is 31.4 Å². The molecule has 2 rings (SSSR count). The lowest BCUT2D eigenvalue weighted by Gasteiger charge is -2.34. The summed E-state index contributed by atoms with van der Waals surface area (Å²) in [5.41, 5.74) is 0. The number of hydrogen-bond donors (Lipinski definition) is 1. The molecular weight excluding hydrogens is 198 g/mol. The molecule has 0 aromatic carbocycles. The summed E-state index contributed by atoms with van der Waals surface area (Å²) in [6.45, 7) is 3.42. The van der Waals surface area contributed by atoms with E-state index in [1.54, 1.807) is 6.26 Å². The first kappa shape index (κ1) is 11.7. The third-order valence-corrected chi connectivity index (χ3v) is 4.05. The van der Waals surface area contributed by atoms with Crippen molar-refractivity contribution in [1.29, 1.82) is 0 Å². The van der Waals surface area contributed by atoms with Crippen molar-refractivity contribution in [2.75, 3.05) is 13.6 Å². The molecule has 0 amide bonds. The molecule has 1 heterocycles. The lowest BCUT2D eigenvalue weighted by molar-refractivity contribution is 0.207.